The number of hydrogen-bond donors (Lipinski definition) is 1. The third kappa shape index (κ3) is 29.3. The van der Waals surface area contributed by atoms with Crippen LogP contribution in [0.3, 0.4) is 0 Å². The van der Waals surface area contributed by atoms with Crippen molar-refractivity contribution in [1.82, 2.24) is 5.32 Å². The SMILES string of the molecule is C=CC(=O)CCC=O.CC.CNCCCC(C)=O. The first-order valence-corrected chi connectivity index (χ1v) is 6.31. The standard InChI is InChI=1S/C6H13NO.C6H8O2.C2H6/c1-6(8)4-3-5-7-2;1-2-6(8)4-3-5-7;1-2/h7H,3-5H2,1-2H3;2,5H,1,3-4H2;1-2H3. The van der Waals surface area contributed by atoms with Gasteiger partial charge in [0.05, 0.1) is 0 Å². The summed E-state index contributed by atoms with van der Waals surface area (Å²) in [4.78, 5) is 30.2. The molecule has 0 aromatic carbocycles. The smallest absolute Gasteiger partial charge is 0.155 e. The van der Waals surface area contributed by atoms with Gasteiger partial charge in [-0.15, -0.1) is 0 Å². The van der Waals surface area contributed by atoms with Crippen LogP contribution in [-0.4, -0.2) is 31.4 Å². The fraction of sp³-hybridized carbons (Fsp3) is 0.643. The lowest BCUT2D eigenvalue weighted by Crippen LogP contribution is -2.08. The number of nitrogens with one attached hydrogen (secondary N) is 1. The van der Waals surface area contributed by atoms with E-state index in [1.807, 2.05) is 20.9 Å². The maximum atomic E-state index is 10.3. The van der Waals surface area contributed by atoms with E-state index in [1.54, 1.807) is 6.92 Å². The molecule has 0 radical (unpaired) electrons. The van der Waals surface area contributed by atoms with Crippen molar-refractivity contribution in [3.05, 3.63) is 12.7 Å². The number of carbonyl (C=O) groups is 3. The van der Waals surface area contributed by atoms with Crippen LogP contribution in [0, 0.1) is 0 Å². The molecule has 0 aliphatic carbocycles. The Hall–Kier alpha value is -1.29. The van der Waals surface area contributed by atoms with E-state index in [1.165, 1.54) is 6.08 Å². The van der Waals surface area contributed by atoms with Crippen molar-refractivity contribution in [3.8, 4) is 0 Å². The van der Waals surface area contributed by atoms with E-state index in [0.29, 0.717) is 19.3 Å². The molecule has 0 spiro atoms. The Morgan fingerprint density at radius 1 is 1.22 bits per heavy atom. The molecule has 0 aromatic heterocycles. The lowest BCUT2D eigenvalue weighted by Gasteiger charge is -1.93. The average Bonchev–Trinajstić information content (AvgIpc) is 2.39. The number of Topliss-reactive ketones (excluding diaryl/α,β-unsaturated/α-hetero) is 1. The second kappa shape index (κ2) is 21.0. The molecule has 18 heavy (non-hydrogen) atoms. The largest absolute Gasteiger partial charge is 0.320 e. The minimum Gasteiger partial charge on any atom is -0.320 e. The third-order valence-corrected chi connectivity index (χ3v) is 1.69. The van der Waals surface area contributed by atoms with Gasteiger partial charge in [0, 0.05) is 19.3 Å². The Balaban J connectivity index is -0.000000219. The molecule has 0 saturated carbocycles. The highest BCUT2D eigenvalue weighted by atomic mass is 16.1. The van der Waals surface area contributed by atoms with Gasteiger partial charge in [-0.25, -0.2) is 0 Å². The molecule has 0 amide bonds. The van der Waals surface area contributed by atoms with Gasteiger partial charge in [-0.2, -0.15) is 0 Å². The van der Waals surface area contributed by atoms with Crippen LogP contribution in [0.25, 0.3) is 0 Å². The first-order chi connectivity index (χ1) is 8.58. The molecule has 0 aliphatic heterocycles. The molecule has 4 heteroatoms. The molecular weight excluding hydrogens is 230 g/mol. The van der Waals surface area contributed by atoms with Crippen molar-refractivity contribution in [3.63, 3.8) is 0 Å². The Morgan fingerprint density at radius 3 is 2.11 bits per heavy atom. The van der Waals surface area contributed by atoms with Gasteiger partial charge in [-0.05, 0) is 33.0 Å². The van der Waals surface area contributed by atoms with Crippen molar-refractivity contribution in [2.75, 3.05) is 13.6 Å². The van der Waals surface area contributed by atoms with E-state index in [0.717, 1.165) is 19.3 Å². The fourth-order valence-corrected chi connectivity index (χ4v) is 0.817. The van der Waals surface area contributed by atoms with Gasteiger partial charge in [0.25, 0.3) is 0 Å². The van der Waals surface area contributed by atoms with E-state index in [4.69, 9.17) is 0 Å². The highest BCUT2D eigenvalue weighted by molar-refractivity contribution is 5.90. The van der Waals surface area contributed by atoms with Crippen molar-refractivity contribution < 1.29 is 14.4 Å². The van der Waals surface area contributed by atoms with E-state index in [-0.39, 0.29) is 11.6 Å². The Morgan fingerprint density at radius 2 is 1.78 bits per heavy atom. The number of rotatable bonds is 8. The molecule has 0 aromatic rings. The van der Waals surface area contributed by atoms with Crippen LogP contribution >= 0.6 is 0 Å². The summed E-state index contributed by atoms with van der Waals surface area (Å²) in [6, 6.07) is 0. The number of carbonyl (C=O) groups excluding carboxylic acids is 3. The van der Waals surface area contributed by atoms with Crippen LogP contribution < -0.4 is 5.32 Å². The molecule has 106 valence electrons. The number of allylic oxidation sites excluding steroid dienone is 1. The first kappa shape index (κ1) is 21.9. The van der Waals surface area contributed by atoms with Crippen LogP contribution in [0.1, 0.15) is 46.5 Å². The van der Waals surface area contributed by atoms with Crippen LogP contribution in [0.5, 0.6) is 0 Å². The molecule has 0 saturated heterocycles. The highest BCUT2D eigenvalue weighted by Crippen LogP contribution is 1.86. The molecule has 0 bridgehead atoms. The first-order valence-electron chi connectivity index (χ1n) is 6.31. The summed E-state index contributed by atoms with van der Waals surface area (Å²) in [6.07, 6.45) is 4.23. The minimum absolute atomic E-state index is 0.0721. The zero-order valence-corrected chi connectivity index (χ0v) is 12.1. The quantitative estimate of drug-likeness (QED) is 0.412. The van der Waals surface area contributed by atoms with Crippen LogP contribution in [-0.2, 0) is 14.4 Å². The number of ketones is 2. The van der Waals surface area contributed by atoms with Crippen LogP contribution in [0.15, 0.2) is 12.7 Å². The summed E-state index contributed by atoms with van der Waals surface area (Å²) in [5.74, 6) is 0.206. The zero-order chi connectivity index (χ0) is 14.8. The summed E-state index contributed by atoms with van der Waals surface area (Å²) in [5.41, 5.74) is 0. The average molecular weight is 257 g/mol. The molecule has 4 nitrogen and oxygen atoms in total. The van der Waals surface area contributed by atoms with E-state index < -0.39 is 0 Å². The van der Waals surface area contributed by atoms with Gasteiger partial charge >= 0.3 is 0 Å². The fourth-order valence-electron chi connectivity index (χ4n) is 0.817. The topological polar surface area (TPSA) is 63.2 Å². The predicted octanol–water partition coefficient (Wildman–Crippen LogP) is 2.32. The lowest BCUT2D eigenvalue weighted by atomic mass is 10.2. The van der Waals surface area contributed by atoms with Gasteiger partial charge in [-0.1, -0.05) is 20.4 Å². The predicted molar refractivity (Wildman–Crippen MR) is 75.7 cm³/mol. The second-order valence-corrected chi connectivity index (χ2v) is 3.28. The molecule has 0 unspecified atom stereocenters. The lowest BCUT2D eigenvalue weighted by molar-refractivity contribution is -0.117. The van der Waals surface area contributed by atoms with E-state index in [9.17, 15) is 14.4 Å². The molecule has 0 fully saturated rings. The van der Waals surface area contributed by atoms with Crippen molar-refractivity contribution in [1.29, 1.82) is 0 Å². The monoisotopic (exact) mass is 257 g/mol. The van der Waals surface area contributed by atoms with Gasteiger partial charge in [0.15, 0.2) is 5.78 Å². The molecule has 0 heterocycles. The molecule has 0 atom stereocenters. The van der Waals surface area contributed by atoms with Crippen molar-refractivity contribution in [2.24, 2.45) is 0 Å². The molecular formula is C14H27NO3. The highest BCUT2D eigenvalue weighted by Gasteiger charge is 1.91. The van der Waals surface area contributed by atoms with Gasteiger partial charge < -0.3 is 14.9 Å². The number of aldehydes is 1. The normalized spacial score (nSPS) is 8.00. The minimum atomic E-state index is -0.0721. The van der Waals surface area contributed by atoms with Gasteiger partial charge in [0.1, 0.15) is 12.1 Å². The van der Waals surface area contributed by atoms with Crippen LogP contribution in [0.2, 0.25) is 0 Å². The number of hydrogen-bond acceptors (Lipinski definition) is 4. The van der Waals surface area contributed by atoms with E-state index >= 15 is 0 Å². The van der Waals surface area contributed by atoms with Crippen LogP contribution in [0.4, 0.5) is 0 Å². The molecule has 0 rings (SSSR count). The molecule has 0 aliphatic rings. The van der Waals surface area contributed by atoms with E-state index in [2.05, 4.69) is 11.9 Å². The summed E-state index contributed by atoms with van der Waals surface area (Å²) in [5, 5.41) is 2.97. The summed E-state index contributed by atoms with van der Waals surface area (Å²) >= 11 is 0. The van der Waals surface area contributed by atoms with Gasteiger partial charge in [-0.3, -0.25) is 4.79 Å². The summed E-state index contributed by atoms with van der Waals surface area (Å²) < 4.78 is 0. The van der Waals surface area contributed by atoms with Crippen molar-refractivity contribution in [2.45, 2.75) is 46.5 Å². The second-order valence-electron chi connectivity index (χ2n) is 3.28. The van der Waals surface area contributed by atoms with Crippen molar-refractivity contribution >= 4 is 17.9 Å². The zero-order valence-electron chi connectivity index (χ0n) is 12.1. The summed E-state index contributed by atoms with van der Waals surface area (Å²) in [6.45, 7) is 9.81. The Bertz CT molecular complexity index is 225. The summed E-state index contributed by atoms with van der Waals surface area (Å²) in [7, 11) is 1.89. The Kier molecular flexibility index (Phi) is 25.7. The maximum absolute atomic E-state index is 10.3. The Labute approximate surface area is 111 Å². The maximum Gasteiger partial charge on any atom is 0.155 e. The molecule has 1 N–H and O–H groups in total. The third-order valence-electron chi connectivity index (χ3n) is 1.69. The van der Waals surface area contributed by atoms with Gasteiger partial charge in [0.2, 0.25) is 0 Å².